The Kier molecular flexibility index (Phi) is 2.64. The smallest absolute Gasteiger partial charge is 0.329 e. The molecular formula is C10H15NO3. The maximum absolute atomic E-state index is 11.3. The van der Waals surface area contributed by atoms with Gasteiger partial charge in [0.25, 0.3) is 0 Å². The first-order valence-electron chi connectivity index (χ1n) is 4.47. The molecule has 1 fully saturated rings. The predicted molar refractivity (Wildman–Crippen MR) is 51.5 cm³/mol. The number of esters is 1. The predicted octanol–water partition coefficient (Wildman–Crippen LogP) is 0.630. The van der Waals surface area contributed by atoms with Crippen molar-refractivity contribution in [2.75, 3.05) is 6.61 Å². The number of amides is 1. The van der Waals surface area contributed by atoms with Gasteiger partial charge in [-0.25, -0.2) is 4.79 Å². The zero-order valence-electron chi connectivity index (χ0n) is 8.72. The van der Waals surface area contributed by atoms with Crippen LogP contribution in [0.2, 0.25) is 0 Å². The van der Waals surface area contributed by atoms with E-state index in [2.05, 4.69) is 11.9 Å². The number of hydrogen-bond acceptors (Lipinski definition) is 3. The maximum Gasteiger partial charge on any atom is 0.329 e. The van der Waals surface area contributed by atoms with Crippen LogP contribution in [0.4, 0.5) is 0 Å². The molecule has 1 rings (SSSR count). The van der Waals surface area contributed by atoms with Gasteiger partial charge in [0, 0.05) is 11.0 Å². The molecule has 0 bridgehead atoms. The van der Waals surface area contributed by atoms with E-state index in [9.17, 15) is 9.59 Å². The van der Waals surface area contributed by atoms with Crippen LogP contribution in [0, 0.1) is 5.41 Å². The topological polar surface area (TPSA) is 55.4 Å². The number of hydrogen-bond donors (Lipinski definition) is 1. The minimum absolute atomic E-state index is 0.304. The quantitative estimate of drug-likeness (QED) is 0.522. The van der Waals surface area contributed by atoms with Gasteiger partial charge in [-0.2, -0.15) is 0 Å². The van der Waals surface area contributed by atoms with Gasteiger partial charge in [-0.05, 0) is 6.92 Å². The molecule has 0 aliphatic carbocycles. The SMILES string of the molecule is C=C(C)C(=O)NC1C(=O)OCC1(C)C. The number of carbonyl (C=O) groups excluding carboxylic acids is 2. The Bertz CT molecular complexity index is 294. The number of carbonyl (C=O) groups is 2. The monoisotopic (exact) mass is 197 g/mol. The van der Waals surface area contributed by atoms with Crippen molar-refractivity contribution in [3.05, 3.63) is 12.2 Å². The molecule has 0 aromatic carbocycles. The lowest BCUT2D eigenvalue weighted by atomic mass is 9.87. The van der Waals surface area contributed by atoms with Crippen LogP contribution in [0.3, 0.4) is 0 Å². The molecule has 1 atom stereocenters. The summed E-state index contributed by atoms with van der Waals surface area (Å²) in [6.45, 7) is 9.20. The van der Waals surface area contributed by atoms with Crippen LogP contribution >= 0.6 is 0 Å². The van der Waals surface area contributed by atoms with Crippen molar-refractivity contribution in [2.45, 2.75) is 26.8 Å². The molecule has 1 unspecified atom stereocenters. The van der Waals surface area contributed by atoms with Gasteiger partial charge in [0.1, 0.15) is 6.04 Å². The summed E-state index contributed by atoms with van der Waals surface area (Å²) in [5.74, 6) is -0.675. The van der Waals surface area contributed by atoms with Gasteiger partial charge in [0.2, 0.25) is 5.91 Å². The highest BCUT2D eigenvalue weighted by molar-refractivity contribution is 5.95. The van der Waals surface area contributed by atoms with E-state index in [-0.39, 0.29) is 17.3 Å². The van der Waals surface area contributed by atoms with Crippen molar-refractivity contribution in [3.8, 4) is 0 Å². The van der Waals surface area contributed by atoms with Gasteiger partial charge in [-0.1, -0.05) is 20.4 Å². The number of ether oxygens (including phenoxy) is 1. The van der Waals surface area contributed by atoms with Crippen LogP contribution < -0.4 is 5.32 Å². The summed E-state index contributed by atoms with van der Waals surface area (Å²) in [4.78, 5) is 22.6. The molecule has 1 N–H and O–H groups in total. The second kappa shape index (κ2) is 3.44. The largest absolute Gasteiger partial charge is 0.463 e. The zero-order valence-corrected chi connectivity index (χ0v) is 8.72. The molecule has 4 heteroatoms. The van der Waals surface area contributed by atoms with Crippen LogP contribution in [0.1, 0.15) is 20.8 Å². The van der Waals surface area contributed by atoms with E-state index < -0.39 is 6.04 Å². The third-order valence-corrected chi connectivity index (χ3v) is 2.27. The lowest BCUT2D eigenvalue weighted by Gasteiger charge is -2.22. The highest BCUT2D eigenvalue weighted by atomic mass is 16.5. The molecule has 4 nitrogen and oxygen atoms in total. The zero-order chi connectivity index (χ0) is 10.9. The van der Waals surface area contributed by atoms with Gasteiger partial charge in [-0.15, -0.1) is 0 Å². The average Bonchev–Trinajstić information content (AvgIpc) is 2.31. The fourth-order valence-corrected chi connectivity index (χ4v) is 1.25. The highest BCUT2D eigenvalue weighted by Crippen LogP contribution is 2.28. The summed E-state index contributed by atoms with van der Waals surface area (Å²) < 4.78 is 4.88. The maximum atomic E-state index is 11.3. The third-order valence-electron chi connectivity index (χ3n) is 2.27. The van der Waals surface area contributed by atoms with Gasteiger partial charge >= 0.3 is 5.97 Å². The van der Waals surface area contributed by atoms with E-state index in [4.69, 9.17) is 4.74 Å². The normalized spacial score (nSPS) is 24.2. The molecule has 1 aliphatic rings. The van der Waals surface area contributed by atoms with Crippen LogP contribution in [-0.4, -0.2) is 24.5 Å². The number of rotatable bonds is 2. The summed E-state index contributed by atoms with van der Waals surface area (Å²) in [5, 5.41) is 2.61. The Morgan fingerprint density at radius 2 is 2.21 bits per heavy atom. The first-order chi connectivity index (χ1) is 6.34. The Morgan fingerprint density at radius 1 is 1.64 bits per heavy atom. The summed E-state index contributed by atoms with van der Waals surface area (Å²) in [5.41, 5.74) is 0.0443. The molecule has 0 radical (unpaired) electrons. The van der Waals surface area contributed by atoms with E-state index in [1.807, 2.05) is 13.8 Å². The first kappa shape index (κ1) is 10.8. The molecule has 0 spiro atoms. The molecule has 0 saturated carbocycles. The Morgan fingerprint density at radius 3 is 2.57 bits per heavy atom. The highest BCUT2D eigenvalue weighted by Gasteiger charge is 2.44. The van der Waals surface area contributed by atoms with E-state index in [0.29, 0.717) is 12.2 Å². The van der Waals surface area contributed by atoms with Crippen molar-refractivity contribution in [1.82, 2.24) is 5.32 Å². The van der Waals surface area contributed by atoms with Crippen molar-refractivity contribution in [3.63, 3.8) is 0 Å². The lowest BCUT2D eigenvalue weighted by Crippen LogP contribution is -2.46. The molecule has 78 valence electrons. The minimum Gasteiger partial charge on any atom is -0.463 e. The fourth-order valence-electron chi connectivity index (χ4n) is 1.25. The van der Waals surface area contributed by atoms with Gasteiger partial charge in [0.15, 0.2) is 0 Å². The van der Waals surface area contributed by atoms with Gasteiger partial charge < -0.3 is 10.1 Å². The first-order valence-corrected chi connectivity index (χ1v) is 4.47. The van der Waals surface area contributed by atoms with Crippen LogP contribution in [0.25, 0.3) is 0 Å². The Balaban J connectivity index is 2.72. The number of nitrogens with one attached hydrogen (secondary N) is 1. The second-order valence-electron chi connectivity index (χ2n) is 4.28. The van der Waals surface area contributed by atoms with Gasteiger partial charge in [0.05, 0.1) is 6.61 Å². The molecule has 1 amide bonds. The average molecular weight is 197 g/mol. The molecule has 0 aromatic rings. The molecule has 0 aromatic heterocycles. The van der Waals surface area contributed by atoms with Crippen molar-refractivity contribution >= 4 is 11.9 Å². The molecule has 1 saturated heterocycles. The van der Waals surface area contributed by atoms with Crippen LogP contribution in [0.15, 0.2) is 12.2 Å². The van der Waals surface area contributed by atoms with E-state index >= 15 is 0 Å². The van der Waals surface area contributed by atoms with Crippen molar-refractivity contribution in [2.24, 2.45) is 5.41 Å². The summed E-state index contributed by atoms with van der Waals surface area (Å²) >= 11 is 0. The van der Waals surface area contributed by atoms with Crippen LogP contribution in [0.5, 0.6) is 0 Å². The molecule has 1 aliphatic heterocycles. The standard InChI is InChI=1S/C10H15NO3/c1-6(2)8(12)11-7-9(13)14-5-10(7,3)4/h7H,1,5H2,2-4H3,(H,11,12). The Hall–Kier alpha value is -1.32. The van der Waals surface area contributed by atoms with Gasteiger partial charge in [-0.3, -0.25) is 4.79 Å². The van der Waals surface area contributed by atoms with Crippen LogP contribution in [-0.2, 0) is 14.3 Å². The van der Waals surface area contributed by atoms with E-state index in [1.165, 1.54) is 0 Å². The summed E-state index contributed by atoms with van der Waals surface area (Å²) in [6, 6.07) is -0.563. The van der Waals surface area contributed by atoms with E-state index in [1.54, 1.807) is 6.92 Å². The minimum atomic E-state index is -0.563. The fraction of sp³-hybridized carbons (Fsp3) is 0.600. The molecule has 14 heavy (non-hydrogen) atoms. The van der Waals surface area contributed by atoms with Crippen molar-refractivity contribution in [1.29, 1.82) is 0 Å². The number of cyclic esters (lactones) is 1. The molecular weight excluding hydrogens is 182 g/mol. The van der Waals surface area contributed by atoms with E-state index in [0.717, 1.165) is 0 Å². The molecule has 1 heterocycles. The third kappa shape index (κ3) is 1.95. The lowest BCUT2D eigenvalue weighted by molar-refractivity contribution is -0.141. The summed E-state index contributed by atoms with van der Waals surface area (Å²) in [7, 11) is 0. The second-order valence-corrected chi connectivity index (χ2v) is 4.28. The Labute approximate surface area is 83.3 Å². The summed E-state index contributed by atoms with van der Waals surface area (Å²) in [6.07, 6.45) is 0. The van der Waals surface area contributed by atoms with Crippen molar-refractivity contribution < 1.29 is 14.3 Å².